The second-order valence-electron chi connectivity index (χ2n) is 6.17. The molecular formula is C19H14N2O6. The average Bonchev–Trinajstić information content (AvgIpc) is 3.16. The molecule has 4 aromatic rings. The number of carboxylic acids is 1. The molecule has 0 radical (unpaired) electrons. The van der Waals surface area contributed by atoms with Crippen molar-refractivity contribution in [2.75, 3.05) is 0 Å². The number of benzene rings is 2. The molecule has 0 aliphatic carbocycles. The first-order valence-corrected chi connectivity index (χ1v) is 8.09. The van der Waals surface area contributed by atoms with Crippen molar-refractivity contribution in [3.63, 3.8) is 0 Å². The van der Waals surface area contributed by atoms with Crippen LogP contribution < -0.4 is 4.74 Å². The van der Waals surface area contributed by atoms with Crippen LogP contribution in [0, 0.1) is 17.0 Å². The van der Waals surface area contributed by atoms with E-state index in [0.717, 1.165) is 5.69 Å². The van der Waals surface area contributed by atoms with Crippen molar-refractivity contribution in [2.24, 2.45) is 0 Å². The van der Waals surface area contributed by atoms with E-state index in [1.165, 1.54) is 6.26 Å². The van der Waals surface area contributed by atoms with E-state index in [1.54, 1.807) is 36.4 Å². The number of hydrogen-bond donors (Lipinski definition) is 2. The van der Waals surface area contributed by atoms with Crippen LogP contribution in [0.1, 0.15) is 11.3 Å². The molecule has 27 heavy (non-hydrogen) atoms. The third-order valence-electron chi connectivity index (χ3n) is 4.25. The van der Waals surface area contributed by atoms with Gasteiger partial charge in [-0.15, -0.1) is 0 Å². The first-order valence-electron chi connectivity index (χ1n) is 8.09. The molecule has 0 aliphatic heterocycles. The fourth-order valence-corrected chi connectivity index (χ4v) is 3.13. The van der Waals surface area contributed by atoms with E-state index in [1.807, 2.05) is 6.92 Å². The molecule has 2 heterocycles. The second-order valence-corrected chi connectivity index (χ2v) is 6.17. The van der Waals surface area contributed by atoms with E-state index in [0.29, 0.717) is 33.2 Å². The van der Waals surface area contributed by atoms with Crippen LogP contribution in [0.25, 0.3) is 21.9 Å². The standard InChI is InChI=1S/C19H14N2O6/c1-10-6-14-15(20-10)4-5-16(19(14)21(24)25)27-12-2-3-13-11(7-18(22)23)9-26-17(13)8-12/h2-6,8-9,20H,7H2,1H3,(H,22,23). The minimum Gasteiger partial charge on any atom is -0.481 e. The molecule has 0 bridgehead atoms. The lowest BCUT2D eigenvalue weighted by atomic mass is 10.1. The lowest BCUT2D eigenvalue weighted by Crippen LogP contribution is -1.98. The lowest BCUT2D eigenvalue weighted by molar-refractivity contribution is -0.383. The Morgan fingerprint density at radius 1 is 1.26 bits per heavy atom. The van der Waals surface area contributed by atoms with Gasteiger partial charge < -0.3 is 19.2 Å². The molecule has 0 spiro atoms. The Balaban J connectivity index is 1.74. The summed E-state index contributed by atoms with van der Waals surface area (Å²) < 4.78 is 11.2. The number of carbonyl (C=O) groups is 1. The number of ether oxygens (including phenoxy) is 1. The molecule has 2 aromatic carbocycles. The summed E-state index contributed by atoms with van der Waals surface area (Å²) in [4.78, 5) is 25.1. The molecule has 0 atom stereocenters. The summed E-state index contributed by atoms with van der Waals surface area (Å²) in [7, 11) is 0. The molecule has 0 saturated carbocycles. The molecule has 0 unspecified atom stereocenters. The van der Waals surface area contributed by atoms with Crippen molar-refractivity contribution in [1.82, 2.24) is 4.98 Å². The highest BCUT2D eigenvalue weighted by atomic mass is 16.6. The van der Waals surface area contributed by atoms with E-state index in [-0.39, 0.29) is 17.9 Å². The number of hydrogen-bond acceptors (Lipinski definition) is 5. The zero-order valence-electron chi connectivity index (χ0n) is 14.2. The summed E-state index contributed by atoms with van der Waals surface area (Å²) in [6.07, 6.45) is 1.24. The summed E-state index contributed by atoms with van der Waals surface area (Å²) >= 11 is 0. The van der Waals surface area contributed by atoms with Crippen molar-refractivity contribution in [1.29, 1.82) is 0 Å². The SMILES string of the molecule is Cc1cc2c([N+](=O)[O-])c(Oc3ccc4c(CC(=O)O)coc4c3)ccc2[nH]1. The minimum atomic E-state index is -0.955. The minimum absolute atomic E-state index is 0.114. The molecule has 4 rings (SSSR count). The normalized spacial score (nSPS) is 11.1. The smallest absolute Gasteiger partial charge is 0.320 e. The van der Waals surface area contributed by atoms with E-state index in [2.05, 4.69) is 4.98 Å². The fourth-order valence-electron chi connectivity index (χ4n) is 3.13. The summed E-state index contributed by atoms with van der Waals surface area (Å²) in [5.41, 5.74) is 2.35. The second kappa shape index (κ2) is 6.17. The van der Waals surface area contributed by atoms with Crippen LogP contribution in [0.15, 0.2) is 47.1 Å². The van der Waals surface area contributed by atoms with Crippen molar-refractivity contribution in [3.8, 4) is 11.5 Å². The van der Waals surface area contributed by atoms with Crippen LogP contribution in [0.2, 0.25) is 0 Å². The number of nitro benzene ring substituents is 1. The third kappa shape index (κ3) is 2.97. The average molecular weight is 366 g/mol. The zero-order valence-corrected chi connectivity index (χ0v) is 14.2. The molecule has 2 aromatic heterocycles. The van der Waals surface area contributed by atoms with Gasteiger partial charge in [0.2, 0.25) is 5.75 Å². The third-order valence-corrected chi connectivity index (χ3v) is 4.25. The van der Waals surface area contributed by atoms with E-state index < -0.39 is 10.9 Å². The number of nitro groups is 1. The molecule has 136 valence electrons. The maximum absolute atomic E-state index is 11.6. The number of aliphatic carboxylic acids is 1. The number of aromatic nitrogens is 1. The quantitative estimate of drug-likeness (QED) is 0.395. The highest BCUT2D eigenvalue weighted by Gasteiger charge is 2.22. The van der Waals surface area contributed by atoms with Gasteiger partial charge in [-0.3, -0.25) is 14.9 Å². The molecule has 0 amide bonds. The van der Waals surface area contributed by atoms with Gasteiger partial charge in [-0.1, -0.05) is 0 Å². The Bertz CT molecular complexity index is 1200. The predicted octanol–water partition coefficient (Wildman–Crippen LogP) is 4.55. The van der Waals surface area contributed by atoms with Gasteiger partial charge in [0.25, 0.3) is 0 Å². The first kappa shape index (κ1) is 16.6. The molecule has 0 fully saturated rings. The summed E-state index contributed by atoms with van der Waals surface area (Å²) in [5, 5.41) is 21.7. The highest BCUT2D eigenvalue weighted by Crippen LogP contribution is 2.39. The fraction of sp³-hybridized carbons (Fsp3) is 0.105. The van der Waals surface area contributed by atoms with Crippen LogP contribution in [0.3, 0.4) is 0 Å². The molecular weight excluding hydrogens is 352 g/mol. The summed E-state index contributed by atoms with van der Waals surface area (Å²) in [6.45, 7) is 1.82. The molecule has 8 heteroatoms. The van der Waals surface area contributed by atoms with Crippen LogP contribution in [-0.2, 0) is 11.2 Å². The van der Waals surface area contributed by atoms with Crippen molar-refractivity contribution in [3.05, 3.63) is 64.0 Å². The summed E-state index contributed by atoms with van der Waals surface area (Å²) in [6, 6.07) is 9.85. The highest BCUT2D eigenvalue weighted by molar-refractivity contribution is 5.92. The zero-order chi connectivity index (χ0) is 19.1. The van der Waals surface area contributed by atoms with Gasteiger partial charge in [-0.25, -0.2) is 0 Å². The van der Waals surface area contributed by atoms with Gasteiger partial charge in [0.05, 0.1) is 28.5 Å². The maximum Gasteiger partial charge on any atom is 0.320 e. The number of rotatable bonds is 5. The van der Waals surface area contributed by atoms with Gasteiger partial charge in [0.15, 0.2) is 0 Å². The van der Waals surface area contributed by atoms with Crippen LogP contribution >= 0.6 is 0 Å². The van der Waals surface area contributed by atoms with Gasteiger partial charge >= 0.3 is 11.7 Å². The Morgan fingerprint density at radius 3 is 2.81 bits per heavy atom. The maximum atomic E-state index is 11.6. The van der Waals surface area contributed by atoms with Crippen LogP contribution in [0.5, 0.6) is 11.5 Å². The molecule has 0 saturated heterocycles. The number of nitrogens with one attached hydrogen (secondary N) is 1. The number of furan rings is 1. The first-order chi connectivity index (χ1) is 12.9. The van der Waals surface area contributed by atoms with Crippen molar-refractivity contribution in [2.45, 2.75) is 13.3 Å². The van der Waals surface area contributed by atoms with Crippen molar-refractivity contribution >= 4 is 33.5 Å². The largest absolute Gasteiger partial charge is 0.481 e. The number of aryl methyl sites for hydroxylation is 1. The van der Waals surface area contributed by atoms with Gasteiger partial charge in [0.1, 0.15) is 11.3 Å². The predicted molar refractivity (Wildman–Crippen MR) is 97.3 cm³/mol. The van der Waals surface area contributed by atoms with Gasteiger partial charge in [0, 0.05) is 22.7 Å². The Morgan fingerprint density at radius 2 is 2.07 bits per heavy atom. The Hall–Kier alpha value is -3.81. The number of H-pyrrole nitrogens is 1. The lowest BCUT2D eigenvalue weighted by Gasteiger charge is -2.07. The van der Waals surface area contributed by atoms with Crippen molar-refractivity contribution < 1.29 is 24.0 Å². The summed E-state index contributed by atoms with van der Waals surface area (Å²) in [5.74, 6) is -0.486. The number of nitrogens with zero attached hydrogens (tertiary/aromatic N) is 1. The van der Waals surface area contributed by atoms with Crippen LogP contribution in [0.4, 0.5) is 5.69 Å². The molecule has 2 N–H and O–H groups in total. The molecule has 0 aliphatic rings. The Kier molecular flexibility index (Phi) is 3.80. The Labute approximate surface area is 152 Å². The molecule has 8 nitrogen and oxygen atoms in total. The van der Waals surface area contributed by atoms with Gasteiger partial charge in [-0.05, 0) is 37.3 Å². The van der Waals surface area contributed by atoms with E-state index >= 15 is 0 Å². The number of aromatic amines is 1. The monoisotopic (exact) mass is 366 g/mol. The van der Waals surface area contributed by atoms with Gasteiger partial charge in [-0.2, -0.15) is 0 Å². The van der Waals surface area contributed by atoms with E-state index in [4.69, 9.17) is 14.3 Å². The number of fused-ring (bicyclic) bond motifs is 2. The number of carboxylic acid groups (broad SMARTS) is 1. The van der Waals surface area contributed by atoms with E-state index in [9.17, 15) is 14.9 Å². The van der Waals surface area contributed by atoms with Crippen LogP contribution in [-0.4, -0.2) is 21.0 Å². The topological polar surface area (TPSA) is 119 Å².